The van der Waals surface area contributed by atoms with Crippen LogP contribution in [0.4, 0.5) is 5.82 Å². The van der Waals surface area contributed by atoms with Crippen LogP contribution in [0.15, 0.2) is 54.9 Å². The minimum absolute atomic E-state index is 0.0155. The molecule has 0 radical (unpaired) electrons. The number of ether oxygens (including phenoxy) is 1. The Morgan fingerprint density at radius 1 is 1.09 bits per heavy atom. The molecule has 4 nitrogen and oxygen atoms in total. The first-order valence-corrected chi connectivity index (χ1v) is 8.68. The van der Waals surface area contributed by atoms with Gasteiger partial charge < -0.3 is 10.1 Å². The van der Waals surface area contributed by atoms with Crippen molar-refractivity contribution in [1.82, 2.24) is 9.97 Å². The average molecular weight is 417 g/mol. The first-order chi connectivity index (χ1) is 11.2. The number of rotatable bonds is 5. The molecule has 23 heavy (non-hydrogen) atoms. The van der Waals surface area contributed by atoms with E-state index in [1.54, 1.807) is 6.33 Å². The van der Waals surface area contributed by atoms with Crippen molar-refractivity contribution in [2.24, 2.45) is 0 Å². The van der Waals surface area contributed by atoms with Crippen LogP contribution in [-0.2, 0) is 0 Å². The molecule has 2 aromatic carbocycles. The lowest BCUT2D eigenvalue weighted by Gasteiger charge is -2.19. The Hall–Kier alpha value is -1.89. The SMILES string of the molecule is Ic1ccc2ncnc(NC3(COc4ccccc4)CC3)c2c1. The lowest BCUT2D eigenvalue weighted by molar-refractivity contribution is 0.289. The molecule has 0 atom stereocenters. The Kier molecular flexibility index (Phi) is 3.80. The van der Waals surface area contributed by atoms with Crippen LogP contribution in [-0.4, -0.2) is 22.1 Å². The number of nitrogens with zero attached hydrogens (tertiary/aromatic N) is 2. The average Bonchev–Trinajstić information content (AvgIpc) is 3.35. The van der Waals surface area contributed by atoms with E-state index in [0.717, 1.165) is 35.3 Å². The summed E-state index contributed by atoms with van der Waals surface area (Å²) in [4.78, 5) is 8.79. The molecule has 0 bridgehead atoms. The summed E-state index contributed by atoms with van der Waals surface area (Å²) < 4.78 is 7.11. The number of anilines is 1. The molecule has 1 heterocycles. The molecule has 0 saturated heterocycles. The smallest absolute Gasteiger partial charge is 0.137 e. The van der Waals surface area contributed by atoms with E-state index < -0.39 is 0 Å². The zero-order valence-corrected chi connectivity index (χ0v) is 14.7. The maximum Gasteiger partial charge on any atom is 0.137 e. The molecular weight excluding hydrogens is 401 g/mol. The first-order valence-electron chi connectivity index (χ1n) is 7.60. The highest BCUT2D eigenvalue weighted by molar-refractivity contribution is 14.1. The zero-order valence-electron chi connectivity index (χ0n) is 12.5. The van der Waals surface area contributed by atoms with E-state index >= 15 is 0 Å². The summed E-state index contributed by atoms with van der Waals surface area (Å²) in [5.41, 5.74) is 0.945. The molecule has 4 rings (SSSR count). The summed E-state index contributed by atoms with van der Waals surface area (Å²) in [5.74, 6) is 1.80. The van der Waals surface area contributed by atoms with Crippen LogP contribution < -0.4 is 10.1 Å². The predicted molar refractivity (Wildman–Crippen MR) is 99.8 cm³/mol. The van der Waals surface area contributed by atoms with Gasteiger partial charge in [-0.15, -0.1) is 0 Å². The summed E-state index contributed by atoms with van der Waals surface area (Å²) in [6.07, 6.45) is 3.80. The standard InChI is InChI=1S/C18H16IN3O/c19-13-6-7-16-15(10-13)17(21-12-20-16)22-18(8-9-18)11-23-14-4-2-1-3-5-14/h1-7,10,12H,8-9,11H2,(H,20,21,22). The van der Waals surface area contributed by atoms with Crippen LogP contribution >= 0.6 is 22.6 Å². The topological polar surface area (TPSA) is 47.0 Å². The Morgan fingerprint density at radius 3 is 2.70 bits per heavy atom. The second kappa shape index (κ2) is 5.96. The molecule has 1 aliphatic carbocycles. The van der Waals surface area contributed by atoms with Gasteiger partial charge in [0.2, 0.25) is 0 Å². The molecule has 1 N–H and O–H groups in total. The minimum atomic E-state index is -0.0155. The fourth-order valence-electron chi connectivity index (χ4n) is 2.57. The number of hydrogen-bond donors (Lipinski definition) is 1. The van der Waals surface area contributed by atoms with E-state index in [9.17, 15) is 0 Å². The van der Waals surface area contributed by atoms with Crippen molar-refractivity contribution in [2.75, 3.05) is 11.9 Å². The van der Waals surface area contributed by atoms with Gasteiger partial charge in [-0.05, 0) is 65.8 Å². The van der Waals surface area contributed by atoms with Crippen molar-refractivity contribution in [3.63, 3.8) is 0 Å². The summed E-state index contributed by atoms with van der Waals surface area (Å²) in [7, 11) is 0. The van der Waals surface area contributed by atoms with Crippen LogP contribution in [0.1, 0.15) is 12.8 Å². The lowest BCUT2D eigenvalue weighted by atomic mass is 10.2. The van der Waals surface area contributed by atoms with Gasteiger partial charge in [0, 0.05) is 8.96 Å². The predicted octanol–water partition coefficient (Wildman–Crippen LogP) is 4.26. The molecule has 5 heteroatoms. The fourth-order valence-corrected chi connectivity index (χ4v) is 3.07. The number of halogens is 1. The van der Waals surface area contributed by atoms with Gasteiger partial charge in [0.15, 0.2) is 0 Å². The number of benzene rings is 2. The molecule has 3 aromatic rings. The van der Waals surface area contributed by atoms with E-state index in [2.05, 4.69) is 50.0 Å². The Labute approximate surface area is 148 Å². The number of para-hydroxylation sites is 1. The minimum Gasteiger partial charge on any atom is -0.491 e. The van der Waals surface area contributed by atoms with Gasteiger partial charge in [0.1, 0.15) is 24.5 Å². The number of aromatic nitrogens is 2. The molecule has 1 saturated carbocycles. The highest BCUT2D eigenvalue weighted by Crippen LogP contribution is 2.40. The number of hydrogen-bond acceptors (Lipinski definition) is 4. The van der Waals surface area contributed by atoms with E-state index in [1.807, 2.05) is 36.4 Å². The highest BCUT2D eigenvalue weighted by atomic mass is 127. The van der Waals surface area contributed by atoms with Crippen molar-refractivity contribution >= 4 is 39.3 Å². The van der Waals surface area contributed by atoms with E-state index in [-0.39, 0.29) is 5.54 Å². The molecule has 1 aromatic heterocycles. The summed E-state index contributed by atoms with van der Waals surface area (Å²) in [5, 5.41) is 4.65. The van der Waals surface area contributed by atoms with E-state index in [1.165, 1.54) is 3.57 Å². The monoisotopic (exact) mass is 417 g/mol. The van der Waals surface area contributed by atoms with Crippen molar-refractivity contribution in [2.45, 2.75) is 18.4 Å². The van der Waals surface area contributed by atoms with E-state index in [0.29, 0.717) is 6.61 Å². The molecular formula is C18H16IN3O. The Balaban J connectivity index is 1.54. The molecule has 0 amide bonds. The highest BCUT2D eigenvalue weighted by Gasteiger charge is 2.44. The maximum atomic E-state index is 5.93. The number of fused-ring (bicyclic) bond motifs is 1. The Bertz CT molecular complexity index is 834. The quantitative estimate of drug-likeness (QED) is 0.631. The van der Waals surface area contributed by atoms with Crippen LogP contribution in [0.3, 0.4) is 0 Å². The second-order valence-electron chi connectivity index (χ2n) is 5.89. The van der Waals surface area contributed by atoms with Gasteiger partial charge in [-0.1, -0.05) is 18.2 Å². The van der Waals surface area contributed by atoms with Gasteiger partial charge in [-0.2, -0.15) is 0 Å². The molecule has 1 aliphatic rings. The molecule has 1 fully saturated rings. The molecule has 116 valence electrons. The maximum absolute atomic E-state index is 5.93. The number of nitrogens with one attached hydrogen (secondary N) is 1. The molecule has 0 aliphatic heterocycles. The molecule has 0 unspecified atom stereocenters. The van der Waals surface area contributed by atoms with Crippen molar-refractivity contribution in [1.29, 1.82) is 0 Å². The van der Waals surface area contributed by atoms with E-state index in [4.69, 9.17) is 4.74 Å². The Morgan fingerprint density at radius 2 is 1.91 bits per heavy atom. The third-order valence-electron chi connectivity index (χ3n) is 4.09. The fraction of sp³-hybridized carbons (Fsp3) is 0.222. The van der Waals surface area contributed by atoms with Crippen LogP contribution in [0.5, 0.6) is 5.75 Å². The van der Waals surface area contributed by atoms with Crippen molar-refractivity contribution in [3.8, 4) is 5.75 Å². The largest absolute Gasteiger partial charge is 0.491 e. The van der Waals surface area contributed by atoms with Crippen molar-refractivity contribution in [3.05, 3.63) is 58.4 Å². The normalized spacial score (nSPS) is 15.3. The van der Waals surface area contributed by atoms with Crippen LogP contribution in [0.2, 0.25) is 0 Å². The van der Waals surface area contributed by atoms with Gasteiger partial charge in [-0.3, -0.25) is 0 Å². The third-order valence-corrected chi connectivity index (χ3v) is 4.76. The van der Waals surface area contributed by atoms with Gasteiger partial charge in [-0.25, -0.2) is 9.97 Å². The van der Waals surface area contributed by atoms with Gasteiger partial charge >= 0.3 is 0 Å². The van der Waals surface area contributed by atoms with Crippen LogP contribution in [0.25, 0.3) is 10.9 Å². The van der Waals surface area contributed by atoms with Gasteiger partial charge in [0.25, 0.3) is 0 Å². The van der Waals surface area contributed by atoms with Crippen molar-refractivity contribution < 1.29 is 4.74 Å². The van der Waals surface area contributed by atoms with Crippen LogP contribution in [0, 0.1) is 3.57 Å². The zero-order chi connectivity index (χ0) is 15.7. The summed E-state index contributed by atoms with van der Waals surface area (Å²) in [6.45, 7) is 0.645. The summed E-state index contributed by atoms with van der Waals surface area (Å²) in [6, 6.07) is 16.1. The second-order valence-corrected chi connectivity index (χ2v) is 7.14. The molecule has 0 spiro atoms. The lowest BCUT2D eigenvalue weighted by Crippen LogP contribution is -2.29. The van der Waals surface area contributed by atoms with Gasteiger partial charge in [0.05, 0.1) is 11.1 Å². The first kappa shape index (κ1) is 14.7. The third kappa shape index (κ3) is 3.24. The summed E-state index contributed by atoms with van der Waals surface area (Å²) >= 11 is 2.31.